The highest BCUT2D eigenvalue weighted by atomic mass is 32.2. The zero-order valence-electron chi connectivity index (χ0n) is 17.4. The van der Waals surface area contributed by atoms with Crippen molar-refractivity contribution in [1.29, 1.82) is 0 Å². The Morgan fingerprint density at radius 1 is 1.00 bits per heavy atom. The molecule has 1 heterocycles. The van der Waals surface area contributed by atoms with E-state index < -0.39 is 0 Å². The predicted molar refractivity (Wildman–Crippen MR) is 121 cm³/mol. The van der Waals surface area contributed by atoms with Gasteiger partial charge in [0.25, 0.3) is 5.91 Å². The number of nitrogens with zero attached hydrogens (tertiary/aromatic N) is 1. The summed E-state index contributed by atoms with van der Waals surface area (Å²) in [5.41, 5.74) is 8.89. The fraction of sp³-hybridized carbons (Fsp3) is 0.304. The predicted octanol–water partition coefficient (Wildman–Crippen LogP) is 4.48. The first-order chi connectivity index (χ1) is 14.5. The van der Waals surface area contributed by atoms with Gasteiger partial charge in [-0.15, -0.1) is 0 Å². The highest BCUT2D eigenvalue weighted by Gasteiger charge is 2.19. The van der Waals surface area contributed by atoms with Crippen molar-refractivity contribution in [3.8, 4) is 17.2 Å². The lowest BCUT2D eigenvalue weighted by Crippen LogP contribution is -2.06. The molecular formula is C23H26N2O4S. The van der Waals surface area contributed by atoms with E-state index in [0.29, 0.717) is 36.2 Å². The molecule has 1 amide bonds. The molecule has 7 heteroatoms. The van der Waals surface area contributed by atoms with E-state index in [1.807, 2.05) is 37.3 Å². The first-order valence-corrected chi connectivity index (χ1v) is 10.7. The second-order valence-corrected chi connectivity index (χ2v) is 7.86. The van der Waals surface area contributed by atoms with E-state index in [-0.39, 0.29) is 11.1 Å². The summed E-state index contributed by atoms with van der Waals surface area (Å²) in [5.74, 6) is 1.84. The van der Waals surface area contributed by atoms with Crippen LogP contribution in [-0.2, 0) is 4.79 Å². The Hall–Kier alpha value is -2.93. The summed E-state index contributed by atoms with van der Waals surface area (Å²) in [6.45, 7) is 7.65. The van der Waals surface area contributed by atoms with Crippen molar-refractivity contribution in [3.05, 3.63) is 58.0 Å². The highest BCUT2D eigenvalue weighted by molar-refractivity contribution is 8.18. The number of carbonyl (C=O) groups is 1. The van der Waals surface area contributed by atoms with Crippen molar-refractivity contribution in [1.82, 2.24) is 0 Å². The largest absolute Gasteiger partial charge is 0.493 e. The number of nitrogens with two attached hydrogens (primary N) is 1. The summed E-state index contributed by atoms with van der Waals surface area (Å²) in [7, 11) is 0. The van der Waals surface area contributed by atoms with Crippen molar-refractivity contribution in [2.24, 2.45) is 10.7 Å². The third-order valence-electron chi connectivity index (χ3n) is 4.50. The van der Waals surface area contributed by atoms with Crippen LogP contribution in [0.5, 0.6) is 17.2 Å². The van der Waals surface area contributed by atoms with Gasteiger partial charge in [-0.2, -0.15) is 4.99 Å². The summed E-state index contributed by atoms with van der Waals surface area (Å²) >= 11 is 1.16. The van der Waals surface area contributed by atoms with E-state index >= 15 is 0 Å². The molecule has 0 saturated heterocycles. The molecule has 158 valence electrons. The van der Waals surface area contributed by atoms with Gasteiger partial charge in [0.1, 0.15) is 5.75 Å². The first kappa shape index (κ1) is 21.8. The molecule has 0 unspecified atom stereocenters. The Labute approximate surface area is 181 Å². The monoisotopic (exact) mass is 426 g/mol. The van der Waals surface area contributed by atoms with Crippen LogP contribution in [0.1, 0.15) is 30.0 Å². The molecule has 2 aromatic rings. The lowest BCUT2D eigenvalue weighted by molar-refractivity contribution is -0.113. The maximum atomic E-state index is 11.8. The van der Waals surface area contributed by atoms with Crippen LogP contribution in [0, 0.1) is 13.8 Å². The summed E-state index contributed by atoms with van der Waals surface area (Å²) in [5, 5.41) is 0.263. The van der Waals surface area contributed by atoms with E-state index in [4.69, 9.17) is 19.9 Å². The number of thioether (sulfide) groups is 1. The van der Waals surface area contributed by atoms with E-state index in [0.717, 1.165) is 29.5 Å². The van der Waals surface area contributed by atoms with Gasteiger partial charge in [0.05, 0.1) is 24.7 Å². The Kier molecular flexibility index (Phi) is 7.41. The van der Waals surface area contributed by atoms with Crippen LogP contribution in [0.4, 0.5) is 0 Å². The topological polar surface area (TPSA) is 83.1 Å². The number of ether oxygens (including phenoxy) is 3. The van der Waals surface area contributed by atoms with E-state index in [9.17, 15) is 4.79 Å². The number of hydrogen-bond acceptors (Lipinski definition) is 6. The molecule has 0 saturated carbocycles. The Bertz CT molecular complexity index is 985. The normalized spacial score (nSPS) is 14.7. The number of amidine groups is 1. The summed E-state index contributed by atoms with van der Waals surface area (Å²) in [4.78, 5) is 16.0. The minimum absolute atomic E-state index is 0.263. The van der Waals surface area contributed by atoms with Gasteiger partial charge >= 0.3 is 0 Å². The molecule has 0 radical (unpaired) electrons. The van der Waals surface area contributed by atoms with Crippen LogP contribution in [0.3, 0.4) is 0 Å². The van der Waals surface area contributed by atoms with Gasteiger partial charge in [0.15, 0.2) is 16.7 Å². The van der Waals surface area contributed by atoms with Crippen LogP contribution in [0.25, 0.3) is 6.08 Å². The van der Waals surface area contributed by atoms with Gasteiger partial charge in [-0.25, -0.2) is 0 Å². The van der Waals surface area contributed by atoms with Gasteiger partial charge in [-0.1, -0.05) is 12.1 Å². The molecule has 2 aromatic carbocycles. The lowest BCUT2D eigenvalue weighted by Gasteiger charge is -2.13. The molecular weight excluding hydrogens is 400 g/mol. The minimum Gasteiger partial charge on any atom is -0.493 e. The van der Waals surface area contributed by atoms with Gasteiger partial charge in [0.2, 0.25) is 0 Å². The average molecular weight is 427 g/mol. The average Bonchev–Trinajstić information content (AvgIpc) is 3.02. The van der Waals surface area contributed by atoms with E-state index in [1.165, 1.54) is 11.1 Å². The molecule has 0 atom stereocenters. The molecule has 0 fully saturated rings. The zero-order valence-corrected chi connectivity index (χ0v) is 18.3. The number of aryl methyl sites for hydroxylation is 2. The second-order valence-electron chi connectivity index (χ2n) is 6.80. The number of hydrogen-bond donors (Lipinski definition) is 1. The number of carbonyl (C=O) groups excluding carboxylic acids is 1. The molecule has 0 spiro atoms. The highest BCUT2D eigenvalue weighted by Crippen LogP contribution is 2.32. The van der Waals surface area contributed by atoms with Crippen LogP contribution < -0.4 is 19.9 Å². The summed E-state index contributed by atoms with van der Waals surface area (Å²) in [6.07, 6.45) is 2.49. The number of aliphatic imine (C=N–C) groups is 1. The number of benzene rings is 2. The van der Waals surface area contributed by atoms with Crippen molar-refractivity contribution < 1.29 is 19.0 Å². The van der Waals surface area contributed by atoms with Gasteiger partial charge in [-0.3, -0.25) is 4.79 Å². The Morgan fingerprint density at radius 2 is 1.80 bits per heavy atom. The van der Waals surface area contributed by atoms with Gasteiger partial charge in [0, 0.05) is 6.42 Å². The van der Waals surface area contributed by atoms with Crippen LogP contribution >= 0.6 is 11.8 Å². The molecule has 0 aliphatic carbocycles. The summed E-state index contributed by atoms with van der Waals surface area (Å²) < 4.78 is 17.4. The van der Waals surface area contributed by atoms with Crippen LogP contribution in [0.2, 0.25) is 0 Å². The minimum atomic E-state index is -0.320. The number of amides is 1. The molecule has 6 nitrogen and oxygen atoms in total. The Morgan fingerprint density at radius 3 is 2.50 bits per heavy atom. The molecule has 2 N–H and O–H groups in total. The second kappa shape index (κ2) is 10.2. The fourth-order valence-corrected chi connectivity index (χ4v) is 3.50. The fourth-order valence-electron chi connectivity index (χ4n) is 2.81. The third-order valence-corrected chi connectivity index (χ3v) is 5.31. The van der Waals surface area contributed by atoms with Crippen LogP contribution in [-0.4, -0.2) is 30.9 Å². The number of rotatable bonds is 9. The van der Waals surface area contributed by atoms with Crippen LogP contribution in [0.15, 0.2) is 46.3 Å². The maximum Gasteiger partial charge on any atom is 0.286 e. The maximum absolute atomic E-state index is 11.8. The van der Waals surface area contributed by atoms with Gasteiger partial charge in [-0.05, 0) is 79.6 Å². The van der Waals surface area contributed by atoms with E-state index in [1.54, 1.807) is 6.08 Å². The molecule has 0 aromatic heterocycles. The molecule has 30 heavy (non-hydrogen) atoms. The van der Waals surface area contributed by atoms with Crippen molar-refractivity contribution >= 4 is 28.9 Å². The van der Waals surface area contributed by atoms with Crippen molar-refractivity contribution in [2.75, 3.05) is 19.8 Å². The van der Waals surface area contributed by atoms with E-state index in [2.05, 4.69) is 24.9 Å². The van der Waals surface area contributed by atoms with Gasteiger partial charge < -0.3 is 19.9 Å². The SMILES string of the molecule is CCOc1cc(/C=C2\SC(N)=NC2=O)ccc1OCCCOc1ccc(C)c(C)c1. The summed E-state index contributed by atoms with van der Waals surface area (Å²) in [6, 6.07) is 11.7. The lowest BCUT2D eigenvalue weighted by atomic mass is 10.1. The molecule has 1 aliphatic heterocycles. The third kappa shape index (κ3) is 5.79. The molecule has 3 rings (SSSR count). The smallest absolute Gasteiger partial charge is 0.286 e. The standard InChI is InChI=1S/C23H26N2O4S/c1-4-27-20-13-17(14-21-22(26)25-23(24)30-21)7-9-19(20)29-11-5-10-28-18-8-6-15(2)16(3)12-18/h6-9,12-14H,4-5,10-11H2,1-3H3,(H2,24,25,26)/b21-14-. The quantitative estimate of drug-likeness (QED) is 0.470. The molecule has 1 aliphatic rings. The Balaban J connectivity index is 1.55. The molecule has 0 bridgehead atoms. The first-order valence-electron chi connectivity index (χ1n) is 9.84. The van der Waals surface area contributed by atoms with Crippen molar-refractivity contribution in [2.45, 2.75) is 27.2 Å². The van der Waals surface area contributed by atoms with Crippen molar-refractivity contribution in [3.63, 3.8) is 0 Å². The zero-order chi connectivity index (χ0) is 21.5.